The van der Waals surface area contributed by atoms with Crippen LogP contribution in [0, 0.1) is 0 Å². The van der Waals surface area contributed by atoms with E-state index in [1.165, 1.54) is 26.2 Å². The summed E-state index contributed by atoms with van der Waals surface area (Å²) in [6.07, 6.45) is -15.1. The maximum atomic E-state index is 12.5. The number of hydrogen-bond donors (Lipinski definition) is 1. The molecule has 120 valence electrons. The first-order valence-corrected chi connectivity index (χ1v) is 5.71. The quantitative estimate of drug-likeness (QED) is 0.863. The monoisotopic (exact) mass is 317 g/mol. The SMILES string of the molecule is COc1cccc(OC(C(F)(F)F)C(F)(F)F)c1[C@@H](C)N. The largest absolute Gasteiger partial charge is 0.496 e. The van der Waals surface area contributed by atoms with Gasteiger partial charge in [0.1, 0.15) is 11.5 Å². The van der Waals surface area contributed by atoms with Gasteiger partial charge in [0.05, 0.1) is 12.7 Å². The molecule has 0 radical (unpaired) electrons. The second-order valence-corrected chi connectivity index (χ2v) is 4.24. The zero-order valence-corrected chi connectivity index (χ0v) is 11.0. The van der Waals surface area contributed by atoms with Gasteiger partial charge in [0.2, 0.25) is 0 Å². The van der Waals surface area contributed by atoms with Crippen molar-refractivity contribution < 1.29 is 35.8 Å². The van der Waals surface area contributed by atoms with Gasteiger partial charge in [0.15, 0.2) is 0 Å². The van der Waals surface area contributed by atoms with Crippen molar-refractivity contribution in [1.29, 1.82) is 0 Å². The maximum absolute atomic E-state index is 12.5. The highest BCUT2D eigenvalue weighted by molar-refractivity contribution is 5.46. The van der Waals surface area contributed by atoms with Gasteiger partial charge in [-0.25, -0.2) is 0 Å². The van der Waals surface area contributed by atoms with Crippen LogP contribution in [0.5, 0.6) is 11.5 Å². The first-order chi connectivity index (χ1) is 9.48. The van der Waals surface area contributed by atoms with Crippen LogP contribution in [0.4, 0.5) is 26.3 Å². The van der Waals surface area contributed by atoms with Crippen LogP contribution < -0.4 is 15.2 Å². The second-order valence-electron chi connectivity index (χ2n) is 4.24. The Labute approximate surface area is 116 Å². The van der Waals surface area contributed by atoms with Gasteiger partial charge in [-0.15, -0.1) is 0 Å². The van der Waals surface area contributed by atoms with Crippen LogP contribution >= 0.6 is 0 Å². The molecular weight excluding hydrogens is 304 g/mol. The van der Waals surface area contributed by atoms with E-state index in [4.69, 9.17) is 10.5 Å². The zero-order valence-electron chi connectivity index (χ0n) is 11.0. The lowest BCUT2D eigenvalue weighted by molar-refractivity contribution is -0.300. The lowest BCUT2D eigenvalue weighted by Crippen LogP contribution is -2.46. The number of ether oxygens (including phenoxy) is 2. The Balaban J connectivity index is 3.28. The van der Waals surface area contributed by atoms with E-state index in [0.717, 1.165) is 6.07 Å². The minimum atomic E-state index is -5.60. The zero-order chi connectivity index (χ0) is 16.4. The molecule has 1 atom stereocenters. The topological polar surface area (TPSA) is 44.5 Å². The number of halogens is 6. The van der Waals surface area contributed by atoms with Crippen molar-refractivity contribution in [2.75, 3.05) is 7.11 Å². The number of methoxy groups -OCH3 is 1. The molecule has 1 rings (SSSR count). The van der Waals surface area contributed by atoms with E-state index in [2.05, 4.69) is 4.74 Å². The second kappa shape index (κ2) is 6.00. The van der Waals surface area contributed by atoms with Gasteiger partial charge in [-0.2, -0.15) is 26.3 Å². The molecule has 0 spiro atoms. The van der Waals surface area contributed by atoms with Gasteiger partial charge in [0.25, 0.3) is 6.10 Å². The third kappa shape index (κ3) is 4.16. The van der Waals surface area contributed by atoms with Crippen molar-refractivity contribution in [2.24, 2.45) is 5.73 Å². The van der Waals surface area contributed by atoms with Gasteiger partial charge < -0.3 is 15.2 Å². The molecule has 1 aromatic carbocycles. The minimum absolute atomic E-state index is 0.0469. The molecule has 2 N–H and O–H groups in total. The van der Waals surface area contributed by atoms with Crippen molar-refractivity contribution in [3.63, 3.8) is 0 Å². The molecule has 0 amide bonds. The summed E-state index contributed by atoms with van der Waals surface area (Å²) in [5.74, 6) is -0.574. The fraction of sp³-hybridized carbons (Fsp3) is 0.500. The summed E-state index contributed by atoms with van der Waals surface area (Å²) in [7, 11) is 1.22. The predicted molar refractivity (Wildman–Crippen MR) is 62.1 cm³/mol. The molecular formula is C12H13F6NO2. The fourth-order valence-corrected chi connectivity index (χ4v) is 1.70. The van der Waals surface area contributed by atoms with Crippen molar-refractivity contribution in [2.45, 2.75) is 31.4 Å². The summed E-state index contributed by atoms with van der Waals surface area (Å²) in [6.45, 7) is 1.39. The van der Waals surface area contributed by atoms with E-state index >= 15 is 0 Å². The molecule has 3 nitrogen and oxygen atoms in total. The molecule has 21 heavy (non-hydrogen) atoms. The summed E-state index contributed by atoms with van der Waals surface area (Å²) in [4.78, 5) is 0. The maximum Gasteiger partial charge on any atom is 0.434 e. The van der Waals surface area contributed by atoms with Gasteiger partial charge in [-0.3, -0.25) is 0 Å². The first-order valence-electron chi connectivity index (χ1n) is 5.71. The van der Waals surface area contributed by atoms with E-state index in [1.807, 2.05) is 0 Å². The van der Waals surface area contributed by atoms with Crippen LogP contribution in [-0.2, 0) is 0 Å². The summed E-state index contributed by atoms with van der Waals surface area (Å²) >= 11 is 0. The molecule has 1 aromatic rings. The highest BCUT2D eigenvalue weighted by atomic mass is 19.4. The molecule has 0 aliphatic carbocycles. The fourth-order valence-electron chi connectivity index (χ4n) is 1.70. The third-order valence-electron chi connectivity index (χ3n) is 2.54. The Morgan fingerprint density at radius 1 is 1.00 bits per heavy atom. The van der Waals surface area contributed by atoms with Crippen LogP contribution in [0.1, 0.15) is 18.5 Å². The average molecular weight is 317 g/mol. The van der Waals surface area contributed by atoms with E-state index in [-0.39, 0.29) is 11.3 Å². The standard InChI is InChI=1S/C12H13F6NO2/c1-6(19)9-7(20-2)4-3-5-8(9)21-10(11(13,14)15)12(16,17)18/h3-6,10H,19H2,1-2H3/t6-/m1/s1. The number of nitrogens with two attached hydrogens (primary N) is 1. The Kier molecular flexibility index (Phi) is 4.98. The molecule has 9 heteroatoms. The summed E-state index contributed by atoms with van der Waals surface area (Å²) in [5.41, 5.74) is 5.49. The Morgan fingerprint density at radius 3 is 1.86 bits per heavy atom. The lowest BCUT2D eigenvalue weighted by atomic mass is 10.1. The van der Waals surface area contributed by atoms with Crippen LogP contribution in [0.15, 0.2) is 18.2 Å². The molecule has 0 aliphatic heterocycles. The molecule has 0 saturated carbocycles. The molecule has 0 aliphatic rings. The summed E-state index contributed by atoms with van der Waals surface area (Å²) in [5, 5.41) is 0. The molecule has 0 fully saturated rings. The average Bonchev–Trinajstić information content (AvgIpc) is 2.32. The molecule has 0 bridgehead atoms. The number of alkyl halides is 6. The molecule has 0 aromatic heterocycles. The number of hydrogen-bond acceptors (Lipinski definition) is 3. The Hall–Kier alpha value is -1.64. The van der Waals surface area contributed by atoms with E-state index < -0.39 is 30.2 Å². The highest BCUT2D eigenvalue weighted by Crippen LogP contribution is 2.40. The minimum Gasteiger partial charge on any atom is -0.496 e. The molecule has 0 heterocycles. The summed E-state index contributed by atoms with van der Waals surface area (Å²) < 4.78 is 84.1. The van der Waals surface area contributed by atoms with Gasteiger partial charge >= 0.3 is 12.4 Å². The van der Waals surface area contributed by atoms with E-state index in [1.54, 1.807) is 0 Å². The number of rotatable bonds is 4. The Bertz CT molecular complexity index is 470. The van der Waals surface area contributed by atoms with Crippen LogP contribution in [-0.4, -0.2) is 25.6 Å². The predicted octanol–water partition coefficient (Wildman–Crippen LogP) is 3.59. The van der Waals surface area contributed by atoms with Crippen molar-refractivity contribution in [3.05, 3.63) is 23.8 Å². The lowest BCUT2D eigenvalue weighted by Gasteiger charge is -2.26. The van der Waals surface area contributed by atoms with Crippen LogP contribution in [0.3, 0.4) is 0 Å². The smallest absolute Gasteiger partial charge is 0.434 e. The van der Waals surface area contributed by atoms with Crippen molar-refractivity contribution >= 4 is 0 Å². The number of benzene rings is 1. The van der Waals surface area contributed by atoms with Gasteiger partial charge in [-0.1, -0.05) is 6.07 Å². The van der Waals surface area contributed by atoms with Gasteiger partial charge in [-0.05, 0) is 19.1 Å². The van der Waals surface area contributed by atoms with E-state index in [9.17, 15) is 26.3 Å². The molecule has 0 saturated heterocycles. The van der Waals surface area contributed by atoms with Crippen molar-refractivity contribution in [1.82, 2.24) is 0 Å². The van der Waals surface area contributed by atoms with Crippen molar-refractivity contribution in [3.8, 4) is 11.5 Å². The Morgan fingerprint density at radius 2 is 1.48 bits per heavy atom. The van der Waals surface area contributed by atoms with E-state index in [0.29, 0.717) is 0 Å². The molecule has 0 unspecified atom stereocenters. The first kappa shape index (κ1) is 17.4. The van der Waals surface area contributed by atoms with Crippen LogP contribution in [0.25, 0.3) is 0 Å². The normalized spacial score (nSPS) is 14.2. The summed E-state index contributed by atoms with van der Waals surface area (Å²) in [6, 6.07) is 2.68. The highest BCUT2D eigenvalue weighted by Gasteiger charge is 2.59. The van der Waals surface area contributed by atoms with Crippen LogP contribution in [0.2, 0.25) is 0 Å². The van der Waals surface area contributed by atoms with Gasteiger partial charge in [0, 0.05) is 6.04 Å². The third-order valence-corrected chi connectivity index (χ3v) is 2.54.